The Balaban J connectivity index is 2.29. The van der Waals surface area contributed by atoms with Gasteiger partial charge in [-0.1, -0.05) is 12.6 Å². The van der Waals surface area contributed by atoms with Gasteiger partial charge in [-0.25, -0.2) is 0 Å². The maximum absolute atomic E-state index is 11.6. The molecule has 0 aliphatic carbocycles. The molecule has 1 aromatic carbocycles. The van der Waals surface area contributed by atoms with Gasteiger partial charge in [-0.05, 0) is 30.7 Å². The quantitative estimate of drug-likeness (QED) is 0.502. The average Bonchev–Trinajstić information content (AvgIpc) is 2.48. The van der Waals surface area contributed by atoms with Crippen molar-refractivity contribution in [2.24, 2.45) is 0 Å². The van der Waals surface area contributed by atoms with E-state index in [4.69, 9.17) is 0 Å². The summed E-state index contributed by atoms with van der Waals surface area (Å²) in [7, 11) is 0.508. The fourth-order valence-electron chi connectivity index (χ4n) is 2.32. The van der Waals surface area contributed by atoms with Gasteiger partial charge in [0.25, 0.3) is 0 Å². The molecule has 1 fully saturated rings. The summed E-state index contributed by atoms with van der Waals surface area (Å²) in [6.07, 6.45) is 1.19. The summed E-state index contributed by atoms with van der Waals surface area (Å²) in [5.74, 6) is -0.324. The second-order valence-electron chi connectivity index (χ2n) is 5.13. The van der Waals surface area contributed by atoms with E-state index in [1.165, 1.54) is 6.08 Å². The third kappa shape index (κ3) is 3.84. The zero-order valence-electron chi connectivity index (χ0n) is 12.1. The van der Waals surface area contributed by atoms with Crippen LogP contribution in [0.1, 0.15) is 0 Å². The summed E-state index contributed by atoms with van der Waals surface area (Å²) in [6.45, 7) is 7.03. The summed E-state index contributed by atoms with van der Waals surface area (Å²) in [6, 6.07) is 5.04. The van der Waals surface area contributed by atoms with Gasteiger partial charge in [0.05, 0.1) is 11.4 Å². The van der Waals surface area contributed by atoms with Crippen LogP contribution in [0, 0.1) is 0 Å². The molecule has 0 bridgehead atoms. The highest BCUT2D eigenvalue weighted by molar-refractivity contribution is 6.58. The highest BCUT2D eigenvalue weighted by atomic mass is 16.4. The largest absolute Gasteiger partial charge is 0.488 e. The van der Waals surface area contributed by atoms with E-state index in [1.807, 2.05) is 0 Å². The van der Waals surface area contributed by atoms with Crippen molar-refractivity contribution < 1.29 is 14.8 Å². The number of anilines is 2. The molecule has 1 saturated heterocycles. The Hall–Kier alpha value is -1.83. The number of rotatable bonds is 4. The SMILES string of the molecule is C=CC(=O)Nc1cc(B(O)O)ccc1N1CCN(C)CC1. The smallest absolute Gasteiger partial charge is 0.423 e. The summed E-state index contributed by atoms with van der Waals surface area (Å²) >= 11 is 0. The predicted molar refractivity (Wildman–Crippen MR) is 84.8 cm³/mol. The molecule has 0 unspecified atom stereocenters. The second-order valence-corrected chi connectivity index (χ2v) is 5.13. The van der Waals surface area contributed by atoms with Crippen molar-refractivity contribution in [1.29, 1.82) is 0 Å². The van der Waals surface area contributed by atoms with Gasteiger partial charge >= 0.3 is 7.12 Å². The van der Waals surface area contributed by atoms with Crippen molar-refractivity contribution in [3.63, 3.8) is 0 Å². The fourth-order valence-corrected chi connectivity index (χ4v) is 2.32. The molecular weight excluding hydrogens is 269 g/mol. The molecule has 1 aliphatic heterocycles. The van der Waals surface area contributed by atoms with E-state index in [2.05, 4.69) is 28.7 Å². The van der Waals surface area contributed by atoms with Crippen LogP contribution in [0.15, 0.2) is 30.9 Å². The van der Waals surface area contributed by atoms with Crippen molar-refractivity contribution in [3.05, 3.63) is 30.9 Å². The van der Waals surface area contributed by atoms with E-state index >= 15 is 0 Å². The van der Waals surface area contributed by atoms with Gasteiger partial charge in [0.2, 0.25) is 5.91 Å². The lowest BCUT2D eigenvalue weighted by Crippen LogP contribution is -2.45. The van der Waals surface area contributed by atoms with Gasteiger partial charge in [-0.3, -0.25) is 4.79 Å². The molecule has 0 atom stereocenters. The molecule has 21 heavy (non-hydrogen) atoms. The van der Waals surface area contributed by atoms with E-state index in [9.17, 15) is 14.8 Å². The highest BCUT2D eigenvalue weighted by Crippen LogP contribution is 2.26. The third-order valence-corrected chi connectivity index (χ3v) is 3.61. The number of likely N-dealkylation sites (N-methyl/N-ethyl adjacent to an activating group) is 1. The molecule has 7 heteroatoms. The number of benzene rings is 1. The van der Waals surface area contributed by atoms with Crippen LogP contribution in [0.25, 0.3) is 0 Å². The lowest BCUT2D eigenvalue weighted by Gasteiger charge is -2.35. The first-order valence-corrected chi connectivity index (χ1v) is 6.88. The third-order valence-electron chi connectivity index (χ3n) is 3.61. The van der Waals surface area contributed by atoms with Gasteiger partial charge in [-0.2, -0.15) is 0 Å². The second kappa shape index (κ2) is 6.75. The molecule has 1 amide bonds. The van der Waals surface area contributed by atoms with Crippen LogP contribution in [0.5, 0.6) is 0 Å². The molecule has 1 aliphatic rings. The normalized spacial score (nSPS) is 15.7. The topological polar surface area (TPSA) is 76.0 Å². The average molecular weight is 289 g/mol. The summed E-state index contributed by atoms with van der Waals surface area (Å²) < 4.78 is 0. The Kier molecular flexibility index (Phi) is 5.00. The van der Waals surface area contributed by atoms with E-state index in [-0.39, 0.29) is 5.91 Å². The zero-order valence-corrected chi connectivity index (χ0v) is 12.1. The first-order valence-electron chi connectivity index (χ1n) is 6.88. The number of hydrogen-bond acceptors (Lipinski definition) is 5. The lowest BCUT2D eigenvalue weighted by molar-refractivity contribution is -0.111. The number of amides is 1. The summed E-state index contributed by atoms with van der Waals surface area (Å²) in [4.78, 5) is 16.0. The number of nitrogens with one attached hydrogen (secondary N) is 1. The summed E-state index contributed by atoms with van der Waals surface area (Å²) in [5.41, 5.74) is 1.78. The van der Waals surface area contributed by atoms with Crippen LogP contribution in [0.2, 0.25) is 0 Å². The Morgan fingerprint density at radius 1 is 1.33 bits per heavy atom. The van der Waals surface area contributed by atoms with Crippen LogP contribution < -0.4 is 15.7 Å². The number of carbonyl (C=O) groups excluding carboxylic acids is 1. The monoisotopic (exact) mass is 289 g/mol. The first-order chi connectivity index (χ1) is 10.0. The van der Waals surface area contributed by atoms with E-state index in [0.29, 0.717) is 11.2 Å². The standard InChI is InChI=1S/C14H20BN3O3/c1-3-14(19)16-12-10-11(15(20)21)4-5-13(12)18-8-6-17(2)7-9-18/h3-5,10,20-21H,1,6-9H2,2H3,(H,16,19). The summed E-state index contributed by atoms with van der Waals surface area (Å²) in [5, 5.41) is 21.3. The molecule has 0 saturated carbocycles. The molecule has 0 radical (unpaired) electrons. The molecular formula is C14H20BN3O3. The van der Waals surface area contributed by atoms with E-state index in [1.54, 1.807) is 18.2 Å². The Morgan fingerprint density at radius 3 is 2.57 bits per heavy atom. The fraction of sp³-hybridized carbons (Fsp3) is 0.357. The Bertz CT molecular complexity index is 528. The molecule has 3 N–H and O–H groups in total. The molecule has 2 rings (SSSR count). The van der Waals surface area contributed by atoms with Crippen molar-refractivity contribution >= 4 is 29.9 Å². The van der Waals surface area contributed by atoms with Crippen molar-refractivity contribution in [1.82, 2.24) is 4.90 Å². The highest BCUT2D eigenvalue weighted by Gasteiger charge is 2.20. The maximum Gasteiger partial charge on any atom is 0.488 e. The Morgan fingerprint density at radius 2 is 2.00 bits per heavy atom. The van der Waals surface area contributed by atoms with Crippen LogP contribution in [0.3, 0.4) is 0 Å². The van der Waals surface area contributed by atoms with Gasteiger partial charge < -0.3 is 25.2 Å². The molecule has 0 spiro atoms. The number of carbonyl (C=O) groups is 1. The van der Waals surface area contributed by atoms with Crippen LogP contribution in [0.4, 0.5) is 11.4 Å². The molecule has 1 aromatic rings. The Labute approximate surface area is 124 Å². The van der Waals surface area contributed by atoms with Gasteiger partial charge in [0.1, 0.15) is 0 Å². The van der Waals surface area contributed by atoms with Gasteiger partial charge in [0.15, 0.2) is 0 Å². The van der Waals surface area contributed by atoms with Gasteiger partial charge in [-0.15, -0.1) is 0 Å². The first kappa shape index (κ1) is 15.6. The van der Waals surface area contributed by atoms with Crippen molar-refractivity contribution in [2.75, 3.05) is 43.4 Å². The number of nitrogens with zero attached hydrogens (tertiary/aromatic N) is 2. The van der Waals surface area contributed by atoms with E-state index in [0.717, 1.165) is 31.9 Å². The van der Waals surface area contributed by atoms with Crippen LogP contribution in [-0.2, 0) is 4.79 Å². The van der Waals surface area contributed by atoms with Crippen LogP contribution >= 0.6 is 0 Å². The lowest BCUT2D eigenvalue weighted by atomic mass is 9.80. The van der Waals surface area contributed by atoms with Crippen LogP contribution in [-0.4, -0.2) is 61.2 Å². The zero-order chi connectivity index (χ0) is 15.4. The maximum atomic E-state index is 11.6. The molecule has 6 nitrogen and oxygen atoms in total. The van der Waals surface area contributed by atoms with Crippen molar-refractivity contribution in [2.45, 2.75) is 0 Å². The van der Waals surface area contributed by atoms with Gasteiger partial charge in [0, 0.05) is 26.2 Å². The van der Waals surface area contributed by atoms with E-state index < -0.39 is 7.12 Å². The number of hydrogen-bond donors (Lipinski definition) is 3. The molecule has 112 valence electrons. The minimum Gasteiger partial charge on any atom is -0.423 e. The predicted octanol–water partition coefficient (Wildman–Crippen LogP) is -0.757. The minimum absolute atomic E-state index is 0.324. The minimum atomic E-state index is -1.56. The number of piperazine rings is 1. The molecule has 1 heterocycles. The molecule has 0 aromatic heterocycles. The van der Waals surface area contributed by atoms with Crippen molar-refractivity contribution in [3.8, 4) is 0 Å².